The van der Waals surface area contributed by atoms with E-state index in [1.807, 2.05) is 0 Å². The molecule has 0 unspecified atom stereocenters. The number of carbonyl (C=O) groups is 2. The number of nitrogens with zero attached hydrogens (tertiary/aromatic N) is 2. The first-order valence-corrected chi connectivity index (χ1v) is 10.9. The van der Waals surface area contributed by atoms with Gasteiger partial charge in [0.25, 0.3) is 5.91 Å². The van der Waals surface area contributed by atoms with Crippen LogP contribution in [0.4, 0.5) is 13.2 Å². The molecule has 1 aromatic carbocycles. The number of hydrazone groups is 1. The highest BCUT2D eigenvalue weighted by Crippen LogP contribution is 2.29. The van der Waals surface area contributed by atoms with Gasteiger partial charge in [0.15, 0.2) is 9.84 Å². The number of amides is 2. The average molecular weight is 431 g/mol. The van der Waals surface area contributed by atoms with Gasteiger partial charge in [0.1, 0.15) is 5.71 Å². The Hall–Kier alpha value is -2.43. The van der Waals surface area contributed by atoms with Gasteiger partial charge >= 0.3 is 6.18 Å². The highest BCUT2D eigenvalue weighted by Gasteiger charge is 2.37. The fourth-order valence-electron chi connectivity index (χ4n) is 3.27. The van der Waals surface area contributed by atoms with Crippen molar-refractivity contribution in [1.82, 2.24) is 10.3 Å². The molecule has 0 spiro atoms. The van der Waals surface area contributed by atoms with Crippen molar-refractivity contribution < 1.29 is 31.2 Å². The maximum Gasteiger partial charge on any atom is 0.416 e. The molecule has 3 rings (SSSR count). The van der Waals surface area contributed by atoms with E-state index in [-0.39, 0.29) is 42.5 Å². The Labute approximate surface area is 165 Å². The number of alkyl halides is 3. The molecule has 1 aromatic rings. The molecule has 2 amide bonds. The summed E-state index contributed by atoms with van der Waals surface area (Å²) in [6.07, 6.45) is -3.54. The molecule has 7 nitrogen and oxygen atoms in total. The van der Waals surface area contributed by atoms with E-state index in [9.17, 15) is 31.2 Å². The largest absolute Gasteiger partial charge is 0.416 e. The first-order chi connectivity index (χ1) is 13.5. The van der Waals surface area contributed by atoms with Crippen molar-refractivity contribution in [1.29, 1.82) is 0 Å². The minimum Gasteiger partial charge on any atom is -0.351 e. The Kier molecular flexibility index (Phi) is 5.97. The van der Waals surface area contributed by atoms with Crippen molar-refractivity contribution >= 4 is 27.4 Å². The van der Waals surface area contributed by atoms with Gasteiger partial charge in [0.05, 0.1) is 23.1 Å². The molecule has 1 N–H and O–H groups in total. The molecule has 2 aliphatic rings. The van der Waals surface area contributed by atoms with Gasteiger partial charge in [0.2, 0.25) is 5.91 Å². The van der Waals surface area contributed by atoms with Crippen LogP contribution in [0.25, 0.3) is 0 Å². The number of hydrogen-bond acceptors (Lipinski definition) is 5. The van der Waals surface area contributed by atoms with Crippen LogP contribution >= 0.6 is 0 Å². The van der Waals surface area contributed by atoms with Crippen LogP contribution in [0, 0.1) is 0 Å². The first-order valence-electron chi connectivity index (χ1n) is 9.09. The van der Waals surface area contributed by atoms with E-state index >= 15 is 0 Å². The molecule has 11 heteroatoms. The normalized spacial score (nSPS) is 21.8. The lowest BCUT2D eigenvalue weighted by molar-refractivity contribution is -0.137. The molecule has 29 heavy (non-hydrogen) atoms. The van der Waals surface area contributed by atoms with Gasteiger partial charge < -0.3 is 5.32 Å². The molecular formula is C18H20F3N3O4S. The van der Waals surface area contributed by atoms with E-state index in [1.165, 1.54) is 12.1 Å². The summed E-state index contributed by atoms with van der Waals surface area (Å²) in [6.45, 7) is 0.189. The van der Waals surface area contributed by atoms with Crippen LogP contribution in [0.15, 0.2) is 29.4 Å². The topological polar surface area (TPSA) is 95.9 Å². The summed E-state index contributed by atoms with van der Waals surface area (Å²) >= 11 is 0. The van der Waals surface area contributed by atoms with E-state index < -0.39 is 33.5 Å². The van der Waals surface area contributed by atoms with E-state index in [0.717, 1.165) is 17.1 Å². The third kappa shape index (κ3) is 5.34. The Bertz CT molecular complexity index is 927. The Morgan fingerprint density at radius 2 is 1.90 bits per heavy atom. The maximum atomic E-state index is 12.6. The zero-order chi connectivity index (χ0) is 21.2. The number of hydrogen-bond donors (Lipinski definition) is 1. The van der Waals surface area contributed by atoms with Crippen molar-refractivity contribution in [3.63, 3.8) is 0 Å². The summed E-state index contributed by atoms with van der Waals surface area (Å²) in [5.74, 6) is -0.958. The van der Waals surface area contributed by atoms with Crippen molar-refractivity contribution in [2.24, 2.45) is 5.10 Å². The molecule has 0 radical (unpaired) electrons. The zero-order valence-corrected chi connectivity index (χ0v) is 16.2. The molecule has 0 aromatic heterocycles. The summed E-state index contributed by atoms with van der Waals surface area (Å²) in [6, 6.07) is 4.13. The lowest BCUT2D eigenvalue weighted by atomic mass is 10.1. The Morgan fingerprint density at radius 1 is 1.21 bits per heavy atom. The van der Waals surface area contributed by atoms with Crippen LogP contribution in [0.1, 0.15) is 30.4 Å². The smallest absolute Gasteiger partial charge is 0.351 e. The van der Waals surface area contributed by atoms with Crippen molar-refractivity contribution in [2.75, 3.05) is 18.1 Å². The zero-order valence-electron chi connectivity index (χ0n) is 15.4. The second-order valence-corrected chi connectivity index (χ2v) is 9.27. The van der Waals surface area contributed by atoms with E-state index in [4.69, 9.17) is 0 Å². The SMILES string of the molecule is O=C(NCCc1ccc(C(F)(F)F)cc1)C1=NN([C@H]2CCS(=O)(=O)C2)C(=O)CC1. The van der Waals surface area contributed by atoms with Crippen LogP contribution < -0.4 is 5.32 Å². The maximum absolute atomic E-state index is 12.6. The monoisotopic (exact) mass is 431 g/mol. The van der Waals surface area contributed by atoms with Gasteiger partial charge in [-0.3, -0.25) is 9.59 Å². The van der Waals surface area contributed by atoms with Gasteiger partial charge in [-0.1, -0.05) is 12.1 Å². The van der Waals surface area contributed by atoms with E-state index in [2.05, 4.69) is 10.4 Å². The number of nitrogens with one attached hydrogen (secondary N) is 1. The predicted octanol–water partition coefficient (Wildman–Crippen LogP) is 1.53. The van der Waals surface area contributed by atoms with E-state index in [1.54, 1.807) is 0 Å². The quantitative estimate of drug-likeness (QED) is 0.765. The van der Waals surface area contributed by atoms with Crippen molar-refractivity contribution in [2.45, 2.75) is 37.9 Å². The lowest BCUT2D eigenvalue weighted by Crippen LogP contribution is -2.44. The van der Waals surface area contributed by atoms with E-state index in [0.29, 0.717) is 18.4 Å². The average Bonchev–Trinajstić information content (AvgIpc) is 3.01. The fourth-order valence-corrected chi connectivity index (χ4v) is 4.96. The molecule has 0 bridgehead atoms. The molecule has 1 atom stereocenters. The second-order valence-electron chi connectivity index (χ2n) is 7.04. The van der Waals surface area contributed by atoms with Crippen LogP contribution in [0.2, 0.25) is 0 Å². The summed E-state index contributed by atoms with van der Waals surface area (Å²) in [4.78, 5) is 24.4. The third-order valence-corrected chi connectivity index (χ3v) is 6.61. The number of carbonyl (C=O) groups excluding carboxylic acids is 2. The first kappa shape index (κ1) is 21.3. The third-order valence-electron chi connectivity index (χ3n) is 4.86. The fraction of sp³-hybridized carbons (Fsp3) is 0.500. The molecule has 158 valence electrons. The number of benzene rings is 1. The molecule has 0 aliphatic carbocycles. The van der Waals surface area contributed by atoms with Gasteiger partial charge in [-0.25, -0.2) is 13.4 Å². The standard InChI is InChI=1S/C18H20F3N3O4S/c19-18(20,21)13-3-1-12(2-4-13)7-9-22-17(26)15-5-6-16(25)24(23-15)14-8-10-29(27,28)11-14/h1-4,14H,5-11H2,(H,22,26)/t14-/m0/s1. The summed E-state index contributed by atoms with van der Waals surface area (Å²) in [5, 5.41) is 7.82. The highest BCUT2D eigenvalue weighted by molar-refractivity contribution is 7.91. The number of sulfone groups is 1. The van der Waals surface area contributed by atoms with Crippen LogP contribution in [0.5, 0.6) is 0 Å². The van der Waals surface area contributed by atoms with Crippen molar-refractivity contribution in [3.8, 4) is 0 Å². The molecule has 2 heterocycles. The number of rotatable bonds is 5. The summed E-state index contributed by atoms with van der Waals surface area (Å²) in [5.41, 5.74) is 0.0405. The van der Waals surface area contributed by atoms with Crippen LogP contribution in [-0.2, 0) is 32.0 Å². The second kappa shape index (κ2) is 8.13. The molecule has 1 saturated heterocycles. The highest BCUT2D eigenvalue weighted by atomic mass is 32.2. The van der Waals surface area contributed by atoms with Crippen LogP contribution in [0.3, 0.4) is 0 Å². The molecule has 0 saturated carbocycles. The minimum atomic E-state index is -4.40. The molecular weight excluding hydrogens is 411 g/mol. The lowest BCUT2D eigenvalue weighted by Gasteiger charge is -2.27. The van der Waals surface area contributed by atoms with Gasteiger partial charge in [-0.05, 0) is 30.5 Å². The minimum absolute atomic E-state index is 0.00831. The Morgan fingerprint density at radius 3 is 2.48 bits per heavy atom. The predicted molar refractivity (Wildman–Crippen MR) is 98.7 cm³/mol. The summed E-state index contributed by atoms with van der Waals surface area (Å²) < 4.78 is 61.0. The number of halogens is 3. The molecule has 1 fully saturated rings. The molecule has 2 aliphatic heterocycles. The van der Waals surface area contributed by atoms with Crippen molar-refractivity contribution in [3.05, 3.63) is 35.4 Å². The van der Waals surface area contributed by atoms with Gasteiger partial charge in [0, 0.05) is 19.4 Å². The summed E-state index contributed by atoms with van der Waals surface area (Å²) in [7, 11) is -3.20. The van der Waals surface area contributed by atoms with Crippen LogP contribution in [-0.4, -0.2) is 55.0 Å². The van der Waals surface area contributed by atoms with Gasteiger partial charge in [-0.2, -0.15) is 18.3 Å². The van der Waals surface area contributed by atoms with Gasteiger partial charge in [-0.15, -0.1) is 0 Å². The Balaban J connectivity index is 1.56.